The summed E-state index contributed by atoms with van der Waals surface area (Å²) in [6.45, 7) is 2.21. The maximum absolute atomic E-state index is 10.1. The highest BCUT2D eigenvalue weighted by Gasteiger charge is 2.32. The lowest BCUT2D eigenvalue weighted by atomic mass is 10.2. The molecule has 1 aliphatic rings. The van der Waals surface area contributed by atoms with Crippen LogP contribution in [0.25, 0.3) is 11.0 Å². The van der Waals surface area contributed by atoms with Gasteiger partial charge >= 0.3 is 0 Å². The summed E-state index contributed by atoms with van der Waals surface area (Å²) < 4.78 is 0. The minimum atomic E-state index is -0.315. The molecule has 3 heterocycles. The number of aromatic nitrogens is 4. The van der Waals surface area contributed by atoms with Crippen molar-refractivity contribution >= 4 is 22.7 Å². The van der Waals surface area contributed by atoms with Crippen LogP contribution in [0.1, 0.15) is 12.2 Å². The van der Waals surface area contributed by atoms with Crippen LogP contribution in [0.3, 0.4) is 0 Å². The predicted octanol–water partition coefficient (Wildman–Crippen LogP) is 1.51. The number of anilines is 2. The molecule has 3 aromatic rings. The molecular weight excluding hydrogens is 354 g/mol. The van der Waals surface area contributed by atoms with Gasteiger partial charge in [-0.2, -0.15) is 0 Å². The van der Waals surface area contributed by atoms with Gasteiger partial charge in [0.2, 0.25) is 0 Å². The molecule has 8 heteroatoms. The second-order valence-corrected chi connectivity index (χ2v) is 7.60. The minimum Gasteiger partial charge on any atom is -0.391 e. The Kier molecular flexibility index (Phi) is 5.40. The third-order valence-electron chi connectivity index (χ3n) is 5.02. The number of nitrogens with one attached hydrogen (secondary N) is 2. The lowest BCUT2D eigenvalue weighted by Gasteiger charge is -2.27. The number of aliphatic hydroxyl groups excluding tert-OH is 1. The van der Waals surface area contributed by atoms with Gasteiger partial charge in [-0.1, -0.05) is 12.1 Å². The Morgan fingerprint density at radius 1 is 1.29 bits per heavy atom. The monoisotopic (exact) mass is 381 g/mol. The molecule has 2 atom stereocenters. The molecule has 3 N–H and O–H groups in total. The molecule has 0 saturated carbocycles. The van der Waals surface area contributed by atoms with Crippen molar-refractivity contribution in [2.75, 3.05) is 43.9 Å². The first-order chi connectivity index (χ1) is 13.6. The summed E-state index contributed by atoms with van der Waals surface area (Å²) in [6.07, 6.45) is 2.80. The van der Waals surface area contributed by atoms with Crippen molar-refractivity contribution in [2.45, 2.75) is 25.0 Å². The predicted molar refractivity (Wildman–Crippen MR) is 111 cm³/mol. The van der Waals surface area contributed by atoms with Crippen molar-refractivity contribution in [1.82, 2.24) is 24.8 Å². The Balaban J connectivity index is 1.39. The summed E-state index contributed by atoms with van der Waals surface area (Å²) >= 11 is 0. The first kappa shape index (κ1) is 18.6. The number of aromatic amines is 1. The number of benzene rings is 1. The topological polar surface area (TPSA) is 93.2 Å². The normalized spacial score (nSPS) is 19.6. The first-order valence-corrected chi connectivity index (χ1v) is 9.67. The fourth-order valence-electron chi connectivity index (χ4n) is 3.80. The average molecular weight is 381 g/mol. The van der Waals surface area contributed by atoms with Crippen LogP contribution < -0.4 is 10.2 Å². The number of β-amino-alcohol motifs (C(OH)–C–C–N with tert-alkyl or cyclic N) is 1. The lowest BCUT2D eigenvalue weighted by molar-refractivity contribution is 0.191. The van der Waals surface area contributed by atoms with Gasteiger partial charge in [-0.25, -0.2) is 15.0 Å². The van der Waals surface area contributed by atoms with E-state index >= 15 is 0 Å². The SMILES string of the molecule is CN(C)C[C@H]1C[C@@H](O)CN1c1cc(NCCc2nc3ccccc3[nH]2)ncn1. The van der Waals surface area contributed by atoms with Crippen LogP contribution in [0.4, 0.5) is 11.6 Å². The molecule has 8 nitrogen and oxygen atoms in total. The summed E-state index contributed by atoms with van der Waals surface area (Å²) in [5.74, 6) is 2.59. The number of likely N-dealkylation sites (N-methyl/N-ethyl adjacent to an activating group) is 1. The fraction of sp³-hybridized carbons (Fsp3) is 0.450. The molecule has 28 heavy (non-hydrogen) atoms. The number of hydrogen-bond acceptors (Lipinski definition) is 7. The highest BCUT2D eigenvalue weighted by molar-refractivity contribution is 5.74. The van der Waals surface area contributed by atoms with Gasteiger partial charge in [0.25, 0.3) is 0 Å². The summed E-state index contributed by atoms with van der Waals surface area (Å²) in [5.41, 5.74) is 2.04. The van der Waals surface area contributed by atoms with E-state index in [1.807, 2.05) is 44.4 Å². The van der Waals surface area contributed by atoms with Crippen molar-refractivity contribution in [3.8, 4) is 0 Å². The van der Waals surface area contributed by atoms with Crippen LogP contribution in [-0.4, -0.2) is 75.8 Å². The van der Waals surface area contributed by atoms with E-state index in [1.165, 1.54) is 0 Å². The van der Waals surface area contributed by atoms with Crippen molar-refractivity contribution in [2.24, 2.45) is 0 Å². The van der Waals surface area contributed by atoms with Crippen molar-refractivity contribution in [1.29, 1.82) is 0 Å². The van der Waals surface area contributed by atoms with Crippen molar-refractivity contribution in [3.05, 3.63) is 42.5 Å². The molecule has 0 radical (unpaired) electrons. The van der Waals surface area contributed by atoms with Gasteiger partial charge in [-0.15, -0.1) is 0 Å². The van der Waals surface area contributed by atoms with Crippen molar-refractivity contribution in [3.63, 3.8) is 0 Å². The van der Waals surface area contributed by atoms with E-state index in [1.54, 1.807) is 6.33 Å². The molecule has 0 unspecified atom stereocenters. The summed E-state index contributed by atoms with van der Waals surface area (Å²) in [7, 11) is 4.10. The second kappa shape index (κ2) is 8.12. The molecule has 1 saturated heterocycles. The number of rotatable bonds is 7. The van der Waals surface area contributed by atoms with Gasteiger partial charge in [0, 0.05) is 38.2 Å². The second-order valence-electron chi connectivity index (χ2n) is 7.60. The highest BCUT2D eigenvalue weighted by Crippen LogP contribution is 2.25. The Hall–Kier alpha value is -2.71. The fourth-order valence-corrected chi connectivity index (χ4v) is 3.80. The standard InChI is InChI=1S/C20H27N7O/c1-26(2)11-14-9-15(28)12-27(14)20-10-19(22-13-23-20)21-8-7-18-24-16-5-3-4-6-17(16)25-18/h3-6,10,13-15,28H,7-9,11-12H2,1-2H3,(H,24,25)(H,21,22,23)/t14-,15-/m1/s1. The molecule has 1 aliphatic heterocycles. The van der Waals surface area contributed by atoms with E-state index in [4.69, 9.17) is 0 Å². The van der Waals surface area contributed by atoms with E-state index in [9.17, 15) is 5.11 Å². The van der Waals surface area contributed by atoms with E-state index < -0.39 is 0 Å². The van der Waals surface area contributed by atoms with E-state index in [0.717, 1.165) is 54.4 Å². The van der Waals surface area contributed by atoms with Crippen LogP contribution >= 0.6 is 0 Å². The Labute approximate surface area is 164 Å². The Bertz CT molecular complexity index is 893. The average Bonchev–Trinajstić information content (AvgIpc) is 3.24. The van der Waals surface area contributed by atoms with E-state index in [2.05, 4.69) is 35.1 Å². The molecule has 0 aliphatic carbocycles. The zero-order valence-corrected chi connectivity index (χ0v) is 16.3. The summed E-state index contributed by atoms with van der Waals surface area (Å²) in [5, 5.41) is 13.5. The van der Waals surface area contributed by atoms with Crippen LogP contribution in [0.15, 0.2) is 36.7 Å². The van der Waals surface area contributed by atoms with Gasteiger partial charge in [-0.05, 0) is 32.6 Å². The van der Waals surface area contributed by atoms with Crippen LogP contribution in [-0.2, 0) is 6.42 Å². The van der Waals surface area contributed by atoms with Crippen molar-refractivity contribution < 1.29 is 5.11 Å². The third kappa shape index (κ3) is 4.23. The molecule has 0 bridgehead atoms. The maximum Gasteiger partial charge on any atom is 0.134 e. The third-order valence-corrected chi connectivity index (χ3v) is 5.02. The number of imidazole rings is 1. The number of H-pyrrole nitrogens is 1. The molecule has 148 valence electrons. The molecule has 0 amide bonds. The van der Waals surface area contributed by atoms with E-state index in [-0.39, 0.29) is 12.1 Å². The number of nitrogens with zero attached hydrogens (tertiary/aromatic N) is 5. The van der Waals surface area contributed by atoms with Gasteiger partial charge in [0.1, 0.15) is 23.8 Å². The zero-order valence-electron chi connectivity index (χ0n) is 16.3. The minimum absolute atomic E-state index is 0.253. The molecule has 1 fully saturated rings. The lowest BCUT2D eigenvalue weighted by Crippen LogP contribution is -2.38. The van der Waals surface area contributed by atoms with Gasteiger partial charge in [0.05, 0.1) is 17.1 Å². The highest BCUT2D eigenvalue weighted by atomic mass is 16.3. The molecule has 0 spiro atoms. The zero-order chi connectivity index (χ0) is 19.5. The van der Waals surface area contributed by atoms with Gasteiger partial charge < -0.3 is 25.2 Å². The van der Waals surface area contributed by atoms with Crippen LogP contribution in [0.2, 0.25) is 0 Å². The van der Waals surface area contributed by atoms with Gasteiger partial charge in [-0.3, -0.25) is 0 Å². The van der Waals surface area contributed by atoms with E-state index in [0.29, 0.717) is 6.54 Å². The summed E-state index contributed by atoms with van der Waals surface area (Å²) in [6, 6.07) is 10.2. The first-order valence-electron chi connectivity index (χ1n) is 9.67. The number of para-hydroxylation sites is 2. The quantitative estimate of drug-likeness (QED) is 0.571. The van der Waals surface area contributed by atoms with Crippen LogP contribution in [0.5, 0.6) is 0 Å². The van der Waals surface area contributed by atoms with Crippen LogP contribution in [0, 0.1) is 0 Å². The smallest absolute Gasteiger partial charge is 0.134 e. The van der Waals surface area contributed by atoms with Gasteiger partial charge in [0.15, 0.2) is 0 Å². The molecular formula is C20H27N7O. The molecule has 4 rings (SSSR count). The number of aliphatic hydroxyl groups is 1. The summed E-state index contributed by atoms with van der Waals surface area (Å²) in [4.78, 5) is 21.0. The maximum atomic E-state index is 10.1. The molecule has 2 aromatic heterocycles. The number of hydrogen-bond donors (Lipinski definition) is 3. The largest absolute Gasteiger partial charge is 0.391 e. The molecule has 1 aromatic carbocycles. The Morgan fingerprint density at radius 2 is 2.14 bits per heavy atom. The number of fused-ring (bicyclic) bond motifs is 1. The Morgan fingerprint density at radius 3 is 2.96 bits per heavy atom.